The Morgan fingerprint density at radius 3 is 2.34 bits per heavy atom. The summed E-state index contributed by atoms with van der Waals surface area (Å²) in [6, 6.07) is 6.89. The van der Waals surface area contributed by atoms with Crippen LogP contribution in [0.2, 0.25) is 0 Å². The summed E-state index contributed by atoms with van der Waals surface area (Å²) in [4.78, 5) is 16.5. The van der Waals surface area contributed by atoms with E-state index in [2.05, 4.69) is 23.4 Å². The zero-order valence-electron chi connectivity index (χ0n) is 16.4. The van der Waals surface area contributed by atoms with E-state index in [0.717, 1.165) is 36.4 Å². The summed E-state index contributed by atoms with van der Waals surface area (Å²) in [7, 11) is 0. The van der Waals surface area contributed by atoms with Gasteiger partial charge in [-0.2, -0.15) is 13.2 Å². The van der Waals surface area contributed by atoms with Crippen molar-refractivity contribution in [1.82, 2.24) is 9.55 Å². The van der Waals surface area contributed by atoms with Crippen LogP contribution in [0.15, 0.2) is 35.7 Å². The van der Waals surface area contributed by atoms with Crippen molar-refractivity contribution in [3.8, 4) is 22.0 Å². The van der Waals surface area contributed by atoms with E-state index >= 15 is 0 Å². The molecule has 1 aromatic carbocycles. The molecule has 0 saturated heterocycles. The van der Waals surface area contributed by atoms with E-state index < -0.39 is 17.6 Å². The highest BCUT2D eigenvalue weighted by Crippen LogP contribution is 2.36. The molecule has 8 heteroatoms. The van der Waals surface area contributed by atoms with Gasteiger partial charge in [0.2, 0.25) is 0 Å². The molecule has 29 heavy (non-hydrogen) atoms. The molecule has 154 valence electrons. The van der Waals surface area contributed by atoms with Crippen molar-refractivity contribution >= 4 is 17.2 Å². The lowest BCUT2D eigenvalue weighted by atomic mass is 10.1. The molecule has 0 aliphatic carbocycles. The zero-order chi connectivity index (χ0) is 21.3. The average molecular weight is 421 g/mol. The van der Waals surface area contributed by atoms with Crippen LogP contribution in [0, 0.1) is 6.92 Å². The molecule has 1 amide bonds. The van der Waals surface area contributed by atoms with Crippen molar-refractivity contribution < 1.29 is 18.0 Å². The van der Waals surface area contributed by atoms with Crippen molar-refractivity contribution in [3.05, 3.63) is 52.5 Å². The number of hydrogen-bond donors (Lipinski definition) is 1. The predicted octanol–water partition coefficient (Wildman–Crippen LogP) is 6.07. The Labute approximate surface area is 171 Å². The lowest BCUT2D eigenvalue weighted by Crippen LogP contribution is -2.14. The van der Waals surface area contributed by atoms with Crippen molar-refractivity contribution in [2.75, 3.05) is 0 Å². The molecule has 0 radical (unpaired) electrons. The van der Waals surface area contributed by atoms with E-state index in [1.807, 2.05) is 12.3 Å². The Morgan fingerprint density at radius 2 is 1.83 bits per heavy atom. The molecule has 2 aromatic heterocycles. The Morgan fingerprint density at radius 1 is 1.21 bits per heavy atom. The van der Waals surface area contributed by atoms with Crippen LogP contribution >= 0.6 is 11.3 Å². The standard InChI is InChI=1S/C21H22F3N3OS/c1-4-15(5-2)27-12(3)16(19(25)28)10-18(27)17-11-29-20(26-17)13-6-8-14(9-7-13)21(22,23)24/h6-11,15H,4-5H2,1-3H3,(H2,25,28). The molecule has 2 N–H and O–H groups in total. The number of hydrogen-bond acceptors (Lipinski definition) is 3. The van der Waals surface area contributed by atoms with Crippen LogP contribution in [0.1, 0.15) is 54.3 Å². The molecule has 4 nitrogen and oxygen atoms in total. The highest BCUT2D eigenvalue weighted by atomic mass is 32.1. The second-order valence-corrected chi connectivity index (χ2v) is 7.70. The van der Waals surface area contributed by atoms with Crippen LogP contribution < -0.4 is 5.73 Å². The fraction of sp³-hybridized carbons (Fsp3) is 0.333. The first-order valence-electron chi connectivity index (χ1n) is 9.32. The van der Waals surface area contributed by atoms with Crippen molar-refractivity contribution in [3.63, 3.8) is 0 Å². The van der Waals surface area contributed by atoms with Gasteiger partial charge in [0.05, 0.1) is 22.5 Å². The minimum atomic E-state index is -4.37. The Balaban J connectivity index is 2.04. The van der Waals surface area contributed by atoms with E-state index in [4.69, 9.17) is 5.73 Å². The van der Waals surface area contributed by atoms with Gasteiger partial charge in [-0.3, -0.25) is 4.79 Å². The normalized spacial score (nSPS) is 12.0. The van der Waals surface area contributed by atoms with Gasteiger partial charge in [0.1, 0.15) is 5.01 Å². The summed E-state index contributed by atoms with van der Waals surface area (Å²) in [5, 5.41) is 2.47. The maximum Gasteiger partial charge on any atom is 0.416 e. The number of amides is 1. The number of carbonyl (C=O) groups is 1. The highest BCUT2D eigenvalue weighted by molar-refractivity contribution is 7.13. The number of primary amides is 1. The molecule has 0 aliphatic heterocycles. The van der Waals surface area contributed by atoms with Crippen molar-refractivity contribution in [1.29, 1.82) is 0 Å². The number of aromatic nitrogens is 2. The first-order chi connectivity index (χ1) is 13.7. The Hall–Kier alpha value is -2.61. The third-order valence-electron chi connectivity index (χ3n) is 5.09. The Bertz CT molecular complexity index is 1010. The second kappa shape index (κ2) is 8.02. The Kier molecular flexibility index (Phi) is 5.84. The SMILES string of the molecule is CCC(CC)n1c(-c2csc(-c3ccc(C(F)(F)F)cc3)n2)cc(C(N)=O)c1C. The van der Waals surface area contributed by atoms with Gasteiger partial charge in [-0.1, -0.05) is 26.0 Å². The molecule has 0 saturated carbocycles. The van der Waals surface area contributed by atoms with Gasteiger partial charge < -0.3 is 10.3 Å². The minimum absolute atomic E-state index is 0.189. The van der Waals surface area contributed by atoms with Crippen LogP contribution in [0.5, 0.6) is 0 Å². The lowest BCUT2D eigenvalue weighted by molar-refractivity contribution is -0.137. The minimum Gasteiger partial charge on any atom is -0.366 e. The largest absolute Gasteiger partial charge is 0.416 e. The smallest absolute Gasteiger partial charge is 0.366 e. The van der Waals surface area contributed by atoms with E-state index in [9.17, 15) is 18.0 Å². The number of nitrogens with two attached hydrogens (primary N) is 1. The number of nitrogens with zero attached hydrogens (tertiary/aromatic N) is 2. The lowest BCUT2D eigenvalue weighted by Gasteiger charge is -2.20. The number of carbonyl (C=O) groups excluding carboxylic acids is 1. The predicted molar refractivity (Wildman–Crippen MR) is 109 cm³/mol. The second-order valence-electron chi connectivity index (χ2n) is 6.85. The van der Waals surface area contributed by atoms with E-state index in [1.54, 1.807) is 6.07 Å². The summed E-state index contributed by atoms with van der Waals surface area (Å²) in [6.45, 7) is 6.02. The van der Waals surface area contributed by atoms with Crippen molar-refractivity contribution in [2.45, 2.75) is 45.8 Å². The number of halogens is 3. The van der Waals surface area contributed by atoms with Gasteiger partial charge >= 0.3 is 6.18 Å². The van der Waals surface area contributed by atoms with E-state index in [1.165, 1.54) is 23.5 Å². The molecule has 0 aliphatic rings. The fourth-order valence-electron chi connectivity index (χ4n) is 3.52. The molecule has 3 aromatic rings. The maximum absolute atomic E-state index is 12.8. The van der Waals surface area contributed by atoms with Crippen LogP contribution in [0.4, 0.5) is 13.2 Å². The summed E-state index contributed by atoms with van der Waals surface area (Å²) in [5.41, 5.74) is 8.18. The van der Waals surface area contributed by atoms with Gasteiger partial charge in [0.25, 0.3) is 5.91 Å². The molecule has 0 fully saturated rings. The molecule has 0 spiro atoms. The van der Waals surface area contributed by atoms with Gasteiger partial charge in [0.15, 0.2) is 0 Å². The third kappa shape index (κ3) is 4.07. The summed E-state index contributed by atoms with van der Waals surface area (Å²) < 4.78 is 40.4. The number of benzene rings is 1. The van der Waals surface area contributed by atoms with Crippen LogP contribution in [-0.2, 0) is 6.18 Å². The molecule has 0 atom stereocenters. The molecular formula is C21H22F3N3OS. The van der Waals surface area contributed by atoms with Crippen molar-refractivity contribution in [2.24, 2.45) is 5.73 Å². The number of alkyl halides is 3. The zero-order valence-corrected chi connectivity index (χ0v) is 17.2. The van der Waals surface area contributed by atoms with Gasteiger partial charge in [-0.25, -0.2) is 4.98 Å². The quantitative estimate of drug-likeness (QED) is 0.525. The van der Waals surface area contributed by atoms with Crippen LogP contribution in [-0.4, -0.2) is 15.5 Å². The summed E-state index contributed by atoms with van der Waals surface area (Å²) >= 11 is 1.35. The maximum atomic E-state index is 12.8. The van der Waals surface area contributed by atoms with Crippen LogP contribution in [0.25, 0.3) is 22.0 Å². The molecule has 0 bridgehead atoms. The first kappa shape index (κ1) is 21.1. The topological polar surface area (TPSA) is 60.9 Å². The van der Waals surface area contributed by atoms with E-state index in [0.29, 0.717) is 21.8 Å². The molecule has 0 unspecified atom stereocenters. The summed E-state index contributed by atoms with van der Waals surface area (Å²) in [5.74, 6) is -0.494. The first-order valence-corrected chi connectivity index (χ1v) is 10.2. The van der Waals surface area contributed by atoms with Gasteiger partial charge in [0, 0.05) is 22.7 Å². The average Bonchev–Trinajstić information content (AvgIpc) is 3.28. The fourth-order valence-corrected chi connectivity index (χ4v) is 4.34. The number of rotatable bonds is 6. The van der Waals surface area contributed by atoms with E-state index in [-0.39, 0.29) is 6.04 Å². The number of thiazole rings is 1. The molecular weight excluding hydrogens is 399 g/mol. The molecule has 3 rings (SSSR count). The molecule has 2 heterocycles. The van der Waals surface area contributed by atoms with Gasteiger partial charge in [-0.05, 0) is 38.0 Å². The summed E-state index contributed by atoms with van der Waals surface area (Å²) in [6.07, 6.45) is -2.61. The van der Waals surface area contributed by atoms with Gasteiger partial charge in [-0.15, -0.1) is 11.3 Å². The highest BCUT2D eigenvalue weighted by Gasteiger charge is 2.30. The monoisotopic (exact) mass is 421 g/mol. The van der Waals surface area contributed by atoms with Crippen LogP contribution in [0.3, 0.4) is 0 Å². The third-order valence-corrected chi connectivity index (χ3v) is 5.98.